The summed E-state index contributed by atoms with van der Waals surface area (Å²) in [6.07, 6.45) is 0.707. The molecule has 0 unspecified atom stereocenters. The highest BCUT2D eigenvalue weighted by molar-refractivity contribution is 6.06. The molecule has 0 saturated carbocycles. The fourth-order valence-corrected chi connectivity index (χ4v) is 2.17. The number of nitrogens with two attached hydrogens (primary N) is 1. The number of hydrogen-bond acceptors (Lipinski definition) is 4. The van der Waals surface area contributed by atoms with E-state index in [1.54, 1.807) is 24.3 Å². The van der Waals surface area contributed by atoms with E-state index < -0.39 is 17.4 Å². The van der Waals surface area contributed by atoms with Crippen LogP contribution in [0.3, 0.4) is 0 Å². The molecule has 122 valence electrons. The second-order valence-corrected chi connectivity index (χ2v) is 5.87. The highest BCUT2D eigenvalue weighted by Gasteiger charge is 2.29. The molecule has 7 nitrogen and oxygen atoms in total. The van der Waals surface area contributed by atoms with Crippen molar-refractivity contribution < 1.29 is 9.59 Å². The largest absolute Gasteiger partial charge is 0.368 e. The minimum atomic E-state index is -1.22. The number of carbonyl (C=O) groups excluding carboxylic acids is 2. The van der Waals surface area contributed by atoms with Gasteiger partial charge in [-0.15, -0.1) is 0 Å². The molecule has 0 spiro atoms. The SMILES string of the molecule is CCCn1nc(C(=O)NC(C)(C)C(N)=O)c2ccccc2c1=O. The van der Waals surface area contributed by atoms with Gasteiger partial charge in [0.1, 0.15) is 5.54 Å². The van der Waals surface area contributed by atoms with Crippen molar-refractivity contribution in [1.82, 2.24) is 15.1 Å². The molecule has 1 heterocycles. The number of nitrogens with one attached hydrogen (secondary N) is 1. The van der Waals surface area contributed by atoms with Gasteiger partial charge in [-0.05, 0) is 26.3 Å². The van der Waals surface area contributed by atoms with Crippen molar-refractivity contribution >= 4 is 22.6 Å². The summed E-state index contributed by atoms with van der Waals surface area (Å²) in [5.74, 6) is -1.20. The monoisotopic (exact) mass is 316 g/mol. The Labute approximate surface area is 133 Å². The Balaban J connectivity index is 2.59. The Morgan fingerprint density at radius 2 is 1.87 bits per heavy atom. The van der Waals surface area contributed by atoms with Gasteiger partial charge >= 0.3 is 0 Å². The van der Waals surface area contributed by atoms with Crippen molar-refractivity contribution in [1.29, 1.82) is 0 Å². The highest BCUT2D eigenvalue weighted by atomic mass is 16.2. The van der Waals surface area contributed by atoms with E-state index in [0.29, 0.717) is 23.7 Å². The van der Waals surface area contributed by atoms with Crippen molar-refractivity contribution in [2.75, 3.05) is 0 Å². The van der Waals surface area contributed by atoms with Crippen molar-refractivity contribution in [2.24, 2.45) is 5.73 Å². The van der Waals surface area contributed by atoms with E-state index >= 15 is 0 Å². The zero-order valence-corrected chi connectivity index (χ0v) is 13.4. The maximum atomic E-state index is 12.5. The minimum absolute atomic E-state index is 0.1000. The predicted molar refractivity (Wildman–Crippen MR) is 87.0 cm³/mol. The Bertz CT molecular complexity index is 824. The molecule has 0 saturated heterocycles. The summed E-state index contributed by atoms with van der Waals surface area (Å²) >= 11 is 0. The van der Waals surface area contributed by atoms with Crippen molar-refractivity contribution in [2.45, 2.75) is 39.3 Å². The summed E-state index contributed by atoms with van der Waals surface area (Å²) in [5, 5.41) is 7.60. The molecule has 2 rings (SSSR count). The third-order valence-corrected chi connectivity index (χ3v) is 3.56. The van der Waals surface area contributed by atoms with Gasteiger partial charge in [0.2, 0.25) is 5.91 Å². The Hall–Kier alpha value is -2.70. The highest BCUT2D eigenvalue weighted by Crippen LogP contribution is 2.14. The van der Waals surface area contributed by atoms with Gasteiger partial charge < -0.3 is 11.1 Å². The van der Waals surface area contributed by atoms with E-state index in [9.17, 15) is 14.4 Å². The quantitative estimate of drug-likeness (QED) is 0.850. The first-order chi connectivity index (χ1) is 10.8. The van der Waals surface area contributed by atoms with Crippen LogP contribution >= 0.6 is 0 Å². The molecule has 23 heavy (non-hydrogen) atoms. The van der Waals surface area contributed by atoms with Gasteiger partial charge in [-0.25, -0.2) is 4.68 Å². The average molecular weight is 316 g/mol. The molecule has 0 aliphatic rings. The van der Waals surface area contributed by atoms with Crippen LogP contribution in [0, 0.1) is 0 Å². The molecule has 0 radical (unpaired) electrons. The summed E-state index contributed by atoms with van der Waals surface area (Å²) in [6.45, 7) is 5.34. The van der Waals surface area contributed by atoms with Gasteiger partial charge in [-0.3, -0.25) is 14.4 Å². The van der Waals surface area contributed by atoms with Crippen molar-refractivity contribution in [3.05, 3.63) is 40.3 Å². The third kappa shape index (κ3) is 3.23. The minimum Gasteiger partial charge on any atom is -0.368 e. The lowest BCUT2D eigenvalue weighted by Gasteiger charge is -2.22. The lowest BCUT2D eigenvalue weighted by Crippen LogP contribution is -2.53. The molecular formula is C16H20N4O3. The number of nitrogens with zero attached hydrogens (tertiary/aromatic N) is 2. The van der Waals surface area contributed by atoms with Gasteiger partial charge in [0, 0.05) is 11.9 Å². The van der Waals surface area contributed by atoms with Crippen LogP contribution in [0.15, 0.2) is 29.1 Å². The smallest absolute Gasteiger partial charge is 0.274 e. The molecule has 7 heteroatoms. The fraction of sp³-hybridized carbons (Fsp3) is 0.375. The normalized spacial score (nSPS) is 11.4. The van der Waals surface area contributed by atoms with E-state index in [4.69, 9.17) is 5.73 Å². The molecule has 0 fully saturated rings. The topological polar surface area (TPSA) is 107 Å². The summed E-state index contributed by atoms with van der Waals surface area (Å²) in [6, 6.07) is 6.77. The second kappa shape index (κ2) is 6.20. The van der Waals surface area contributed by atoms with E-state index in [1.165, 1.54) is 18.5 Å². The first kappa shape index (κ1) is 16.7. The van der Waals surface area contributed by atoms with Gasteiger partial charge in [0.15, 0.2) is 5.69 Å². The molecular weight excluding hydrogens is 296 g/mol. The van der Waals surface area contributed by atoms with Crippen LogP contribution < -0.4 is 16.6 Å². The van der Waals surface area contributed by atoms with Crippen molar-refractivity contribution in [3.8, 4) is 0 Å². The fourth-order valence-electron chi connectivity index (χ4n) is 2.17. The lowest BCUT2D eigenvalue weighted by atomic mass is 10.0. The molecule has 1 aromatic heterocycles. The van der Waals surface area contributed by atoms with Crippen LogP contribution in [0.5, 0.6) is 0 Å². The van der Waals surface area contributed by atoms with E-state index in [2.05, 4.69) is 10.4 Å². The van der Waals surface area contributed by atoms with Crippen LogP contribution in [0.25, 0.3) is 10.8 Å². The van der Waals surface area contributed by atoms with Crippen LogP contribution in [0.2, 0.25) is 0 Å². The maximum Gasteiger partial charge on any atom is 0.274 e. The summed E-state index contributed by atoms with van der Waals surface area (Å²) in [4.78, 5) is 36.3. The van der Waals surface area contributed by atoms with Gasteiger partial charge in [0.25, 0.3) is 11.5 Å². The average Bonchev–Trinajstić information content (AvgIpc) is 2.49. The van der Waals surface area contributed by atoms with Crippen LogP contribution in [-0.2, 0) is 11.3 Å². The van der Waals surface area contributed by atoms with Crippen LogP contribution in [0.4, 0.5) is 0 Å². The number of aromatic nitrogens is 2. The van der Waals surface area contributed by atoms with E-state index in [0.717, 1.165) is 0 Å². The number of benzene rings is 1. The van der Waals surface area contributed by atoms with Crippen LogP contribution in [0.1, 0.15) is 37.7 Å². The number of primary amides is 1. The molecule has 2 aromatic rings. The number of amides is 2. The zero-order valence-electron chi connectivity index (χ0n) is 13.4. The molecule has 1 aromatic carbocycles. The first-order valence-electron chi connectivity index (χ1n) is 7.40. The third-order valence-electron chi connectivity index (χ3n) is 3.56. The molecule has 2 amide bonds. The predicted octanol–water partition coefficient (Wildman–Crippen LogP) is 0.800. The maximum absolute atomic E-state index is 12.5. The molecule has 0 bridgehead atoms. The lowest BCUT2D eigenvalue weighted by molar-refractivity contribution is -0.122. The number of rotatable bonds is 5. The van der Waals surface area contributed by atoms with Crippen molar-refractivity contribution in [3.63, 3.8) is 0 Å². The summed E-state index contributed by atoms with van der Waals surface area (Å²) in [5.41, 5.74) is 3.92. The Morgan fingerprint density at radius 3 is 2.43 bits per heavy atom. The Kier molecular flexibility index (Phi) is 4.49. The Morgan fingerprint density at radius 1 is 1.26 bits per heavy atom. The standard InChI is InChI=1S/C16H20N4O3/c1-4-9-20-14(22)11-8-6-5-7-10(11)12(19-20)13(21)18-16(2,3)15(17)23/h5-8H,4,9H2,1-3H3,(H2,17,23)(H,18,21). The zero-order chi connectivity index (χ0) is 17.2. The van der Waals surface area contributed by atoms with Gasteiger partial charge in [-0.2, -0.15) is 5.10 Å². The summed E-state index contributed by atoms with van der Waals surface area (Å²) in [7, 11) is 0. The second-order valence-electron chi connectivity index (χ2n) is 5.87. The number of fused-ring (bicyclic) bond motifs is 1. The van der Waals surface area contributed by atoms with Crippen LogP contribution in [-0.4, -0.2) is 27.1 Å². The van der Waals surface area contributed by atoms with E-state index in [1.807, 2.05) is 6.92 Å². The number of carbonyl (C=O) groups is 2. The number of aryl methyl sites for hydroxylation is 1. The molecule has 0 aliphatic heterocycles. The van der Waals surface area contributed by atoms with Gasteiger partial charge in [0.05, 0.1) is 5.39 Å². The summed E-state index contributed by atoms with van der Waals surface area (Å²) < 4.78 is 1.27. The molecule has 0 aliphatic carbocycles. The first-order valence-corrected chi connectivity index (χ1v) is 7.40. The van der Waals surface area contributed by atoms with E-state index in [-0.39, 0.29) is 11.3 Å². The molecule has 0 atom stereocenters. The number of hydrogen-bond donors (Lipinski definition) is 2. The van der Waals surface area contributed by atoms with Gasteiger partial charge in [-0.1, -0.05) is 25.1 Å². The molecule has 3 N–H and O–H groups in total.